The molecule has 1 unspecified atom stereocenters. The highest BCUT2D eigenvalue weighted by atomic mass is 35.5. The molecule has 0 spiro atoms. The average Bonchev–Trinajstić information content (AvgIpc) is 3.57. The van der Waals surface area contributed by atoms with Gasteiger partial charge in [0.1, 0.15) is 23.1 Å². The molecule has 3 fully saturated rings. The molecule has 4 aliphatic heterocycles. The van der Waals surface area contributed by atoms with Crippen molar-refractivity contribution in [2.45, 2.75) is 37.6 Å². The topological polar surface area (TPSA) is 181 Å². The van der Waals surface area contributed by atoms with E-state index in [1.54, 1.807) is 19.3 Å². The van der Waals surface area contributed by atoms with E-state index < -0.39 is 5.92 Å². The second-order valence-electron chi connectivity index (χ2n) is 15.8. The number of benzene rings is 2. The molecule has 17 nitrogen and oxygen atoms in total. The van der Waals surface area contributed by atoms with Gasteiger partial charge in [-0.15, -0.1) is 0 Å². The number of carbonyl (C=O) groups excluding carboxylic acids is 3. The lowest BCUT2D eigenvalue weighted by Crippen LogP contribution is -2.58. The first-order valence-electron chi connectivity index (χ1n) is 20.0. The van der Waals surface area contributed by atoms with Crippen molar-refractivity contribution >= 4 is 74.3 Å². The van der Waals surface area contributed by atoms with Crippen LogP contribution >= 0.6 is 11.6 Å². The third-order valence-electron chi connectivity index (χ3n) is 12.1. The molecule has 3 amide bonds. The van der Waals surface area contributed by atoms with Gasteiger partial charge in [0.05, 0.1) is 34.9 Å². The van der Waals surface area contributed by atoms with Crippen molar-refractivity contribution in [3.05, 3.63) is 63.7 Å². The van der Waals surface area contributed by atoms with Crippen LogP contribution < -0.4 is 40.8 Å². The number of pyridine rings is 1. The number of likely N-dealkylation sites (N-methyl/N-ethyl adjacent to an activating group) is 1. The summed E-state index contributed by atoms with van der Waals surface area (Å²) in [6.07, 6.45) is 4.39. The summed E-state index contributed by atoms with van der Waals surface area (Å²) in [6, 6.07) is 11.4. The molecule has 4 aliphatic rings. The number of halogens is 1. The predicted molar refractivity (Wildman–Crippen MR) is 223 cm³/mol. The largest absolute Gasteiger partial charge is 0.489 e. The Kier molecular flexibility index (Phi) is 10.2. The zero-order valence-corrected chi connectivity index (χ0v) is 33.9. The Morgan fingerprint density at radius 1 is 1.05 bits per heavy atom. The van der Waals surface area contributed by atoms with Crippen LogP contribution in [-0.4, -0.2) is 113 Å². The van der Waals surface area contributed by atoms with Gasteiger partial charge < -0.3 is 34.5 Å². The van der Waals surface area contributed by atoms with Gasteiger partial charge in [0.15, 0.2) is 18.2 Å². The molecule has 3 N–H and O–H groups in total. The number of amides is 3. The van der Waals surface area contributed by atoms with Crippen molar-refractivity contribution in [1.29, 1.82) is 0 Å². The predicted octanol–water partition coefficient (Wildman–Crippen LogP) is 3.06. The van der Waals surface area contributed by atoms with E-state index in [4.69, 9.17) is 31.2 Å². The molecule has 7 heterocycles. The van der Waals surface area contributed by atoms with E-state index in [1.165, 1.54) is 11.6 Å². The van der Waals surface area contributed by atoms with Gasteiger partial charge in [-0.1, -0.05) is 11.6 Å². The van der Waals surface area contributed by atoms with E-state index in [9.17, 15) is 19.2 Å². The molecule has 0 saturated carbocycles. The van der Waals surface area contributed by atoms with Gasteiger partial charge in [0.25, 0.3) is 11.5 Å². The Morgan fingerprint density at radius 3 is 2.68 bits per heavy atom. The first kappa shape index (κ1) is 38.6. The fraction of sp³-hybridized carbons (Fsp3) is 0.439. The molecule has 3 saturated heterocycles. The fourth-order valence-electron chi connectivity index (χ4n) is 8.94. The second kappa shape index (κ2) is 15.7. The molecule has 3 aromatic heterocycles. The van der Waals surface area contributed by atoms with E-state index in [1.807, 2.05) is 42.1 Å². The van der Waals surface area contributed by atoms with E-state index in [0.717, 1.165) is 79.8 Å². The van der Waals surface area contributed by atoms with Crippen molar-refractivity contribution in [3.8, 4) is 11.5 Å². The monoisotopic (exact) mass is 823 g/mol. The Hall–Kier alpha value is -5.94. The molecule has 59 heavy (non-hydrogen) atoms. The number of anilines is 4. The van der Waals surface area contributed by atoms with Crippen molar-refractivity contribution in [2.75, 3.05) is 74.6 Å². The molecular formula is C41H46ClN11O6. The summed E-state index contributed by atoms with van der Waals surface area (Å²) in [5, 5.41) is 15.2. The molecular weight excluding hydrogens is 778 g/mol. The van der Waals surface area contributed by atoms with Crippen molar-refractivity contribution < 1.29 is 23.9 Å². The van der Waals surface area contributed by atoms with E-state index in [0.29, 0.717) is 59.1 Å². The summed E-state index contributed by atoms with van der Waals surface area (Å²) in [7, 11) is 5.09. The number of imide groups is 1. The third kappa shape index (κ3) is 7.37. The van der Waals surface area contributed by atoms with Crippen LogP contribution in [0.3, 0.4) is 0 Å². The van der Waals surface area contributed by atoms with Crippen LogP contribution in [0.15, 0.2) is 47.4 Å². The lowest BCUT2D eigenvalue weighted by Gasteiger charge is -2.47. The maximum atomic E-state index is 12.8. The Bertz CT molecular complexity index is 2550. The molecule has 18 heteroatoms. The van der Waals surface area contributed by atoms with Crippen LogP contribution in [0.5, 0.6) is 11.5 Å². The zero-order chi connectivity index (χ0) is 40.9. The van der Waals surface area contributed by atoms with Gasteiger partial charge in [-0.25, -0.2) is 4.98 Å². The maximum Gasteiger partial charge on any atom is 0.293 e. The van der Waals surface area contributed by atoms with E-state index >= 15 is 0 Å². The Balaban J connectivity index is 0.829. The lowest BCUT2D eigenvalue weighted by atomic mass is 9.92. The van der Waals surface area contributed by atoms with Gasteiger partial charge >= 0.3 is 0 Å². The highest BCUT2D eigenvalue weighted by Gasteiger charge is 2.38. The van der Waals surface area contributed by atoms with Gasteiger partial charge in [-0.3, -0.25) is 34.1 Å². The van der Waals surface area contributed by atoms with E-state index in [-0.39, 0.29) is 41.7 Å². The first-order valence-corrected chi connectivity index (χ1v) is 20.4. The van der Waals surface area contributed by atoms with Crippen molar-refractivity contribution in [3.63, 3.8) is 0 Å². The van der Waals surface area contributed by atoms with Crippen LogP contribution in [0, 0.1) is 5.92 Å². The molecule has 9 rings (SSSR count). The SMILES string of the molecule is CNC(=O)COc1cc2cc(Nc3nc(N4CCC(CN5CCN6c7c(ccc8c(C9CCC(=O)NC9=O)nn(C)c78)OC[C@@H]6C5)CC4)ncc3Cl)ccc2n(C)c1=O. The van der Waals surface area contributed by atoms with Crippen LogP contribution in [0.2, 0.25) is 5.02 Å². The maximum absolute atomic E-state index is 12.8. The number of fused-ring (bicyclic) bond motifs is 6. The van der Waals surface area contributed by atoms with Crippen molar-refractivity contribution in [1.82, 2.24) is 39.8 Å². The molecule has 2 aromatic carbocycles. The van der Waals surface area contributed by atoms with E-state index in [2.05, 4.69) is 35.6 Å². The number of ether oxygens (including phenoxy) is 2. The number of hydrogen-bond donors (Lipinski definition) is 3. The summed E-state index contributed by atoms with van der Waals surface area (Å²) >= 11 is 6.59. The minimum absolute atomic E-state index is 0.0810. The minimum atomic E-state index is -0.460. The quantitative estimate of drug-likeness (QED) is 0.185. The number of aryl methyl sites for hydroxylation is 2. The second-order valence-corrected chi connectivity index (χ2v) is 16.2. The fourth-order valence-corrected chi connectivity index (χ4v) is 9.08. The minimum Gasteiger partial charge on any atom is -0.489 e. The summed E-state index contributed by atoms with van der Waals surface area (Å²) in [5.74, 6) is 1.21. The number of carbonyl (C=O) groups is 3. The van der Waals surface area contributed by atoms with Gasteiger partial charge in [-0.2, -0.15) is 10.1 Å². The summed E-state index contributed by atoms with van der Waals surface area (Å²) in [5.41, 5.74) is 3.78. The van der Waals surface area contributed by atoms with Crippen molar-refractivity contribution in [2.24, 2.45) is 20.0 Å². The highest BCUT2D eigenvalue weighted by molar-refractivity contribution is 6.33. The normalized spacial score (nSPS) is 19.9. The van der Waals surface area contributed by atoms with Crippen LogP contribution in [0.1, 0.15) is 37.3 Å². The molecule has 0 radical (unpaired) electrons. The molecule has 0 aliphatic carbocycles. The Morgan fingerprint density at radius 2 is 1.88 bits per heavy atom. The average molecular weight is 824 g/mol. The highest BCUT2D eigenvalue weighted by Crippen LogP contribution is 2.44. The number of piperidine rings is 2. The summed E-state index contributed by atoms with van der Waals surface area (Å²) in [6.45, 7) is 5.65. The molecule has 308 valence electrons. The molecule has 0 bridgehead atoms. The number of hydrogen-bond acceptors (Lipinski definition) is 13. The van der Waals surface area contributed by atoms with Crippen LogP contribution in [0.25, 0.3) is 21.8 Å². The standard InChI is InChI=1S/C41H46ClN11O6/c1-43-34(55)22-59-32-17-24-16-25(4-7-30(24)49(2)40(32)57)45-38-29(42)18-44-41(47-38)52-12-10-23(11-13-52)19-51-14-15-53-26(20-51)21-58-31-8-5-27-35(48-50(3)36(27)37(31)53)28-6-9-33(54)46-39(28)56/h4-5,7-8,16-18,23,26,28H,6,9-15,19-22H2,1-3H3,(H,43,55)(H,44,45,47)(H,46,54,56)/t26-,28?/m0/s1. The zero-order valence-electron chi connectivity index (χ0n) is 33.2. The van der Waals surface area contributed by atoms with Crippen LogP contribution in [0.4, 0.5) is 23.1 Å². The molecule has 2 atom stereocenters. The Labute approximate surface area is 344 Å². The number of aromatic nitrogens is 5. The summed E-state index contributed by atoms with van der Waals surface area (Å²) < 4.78 is 15.2. The summed E-state index contributed by atoms with van der Waals surface area (Å²) in [4.78, 5) is 65.8. The van der Waals surface area contributed by atoms with Gasteiger partial charge in [0, 0.05) is 83.3 Å². The smallest absolute Gasteiger partial charge is 0.293 e. The van der Waals surface area contributed by atoms with Crippen LogP contribution in [-0.2, 0) is 28.5 Å². The number of nitrogens with zero attached hydrogens (tertiary/aromatic N) is 8. The number of rotatable bonds is 9. The third-order valence-corrected chi connectivity index (χ3v) is 12.3. The van der Waals surface area contributed by atoms with Gasteiger partial charge in [-0.05, 0) is 61.6 Å². The lowest BCUT2D eigenvalue weighted by molar-refractivity contribution is -0.134. The number of piperazine rings is 1. The number of nitrogens with one attached hydrogen (secondary N) is 3. The first-order chi connectivity index (χ1) is 28.5. The molecule has 5 aromatic rings. The van der Waals surface area contributed by atoms with Gasteiger partial charge in [0.2, 0.25) is 17.8 Å².